The van der Waals surface area contributed by atoms with Crippen molar-refractivity contribution < 1.29 is 9.21 Å². The van der Waals surface area contributed by atoms with Crippen LogP contribution in [0.3, 0.4) is 0 Å². The maximum Gasteiger partial charge on any atom is 0.236 e. The molecule has 96 valence electrons. The van der Waals surface area contributed by atoms with Gasteiger partial charge in [0.25, 0.3) is 0 Å². The maximum atomic E-state index is 11.7. The molecule has 1 amide bonds. The quantitative estimate of drug-likeness (QED) is 0.716. The summed E-state index contributed by atoms with van der Waals surface area (Å²) in [5.41, 5.74) is 0. The van der Waals surface area contributed by atoms with Gasteiger partial charge in [-0.05, 0) is 32.4 Å². The fourth-order valence-corrected chi connectivity index (χ4v) is 1.61. The van der Waals surface area contributed by atoms with Crippen molar-refractivity contribution in [3.8, 4) is 0 Å². The van der Waals surface area contributed by atoms with Gasteiger partial charge in [0.1, 0.15) is 5.76 Å². The number of hydrogen-bond donors (Lipinski definition) is 2. The van der Waals surface area contributed by atoms with Crippen LogP contribution in [0.25, 0.3) is 0 Å². The number of hydrogen-bond acceptors (Lipinski definition) is 3. The van der Waals surface area contributed by atoms with E-state index in [1.807, 2.05) is 26.0 Å². The molecule has 0 aliphatic carbocycles. The number of amides is 1. The average Bonchev–Trinajstić information content (AvgIpc) is 2.82. The van der Waals surface area contributed by atoms with Gasteiger partial charge in [-0.3, -0.25) is 10.1 Å². The van der Waals surface area contributed by atoms with Crippen molar-refractivity contribution >= 4 is 5.91 Å². The first-order valence-electron chi connectivity index (χ1n) is 6.22. The van der Waals surface area contributed by atoms with E-state index < -0.39 is 0 Å². The van der Waals surface area contributed by atoms with Crippen molar-refractivity contribution in [2.45, 2.75) is 45.7 Å². The van der Waals surface area contributed by atoms with Gasteiger partial charge in [0.05, 0.1) is 18.3 Å². The fourth-order valence-electron chi connectivity index (χ4n) is 1.61. The van der Waals surface area contributed by atoms with E-state index in [1.165, 1.54) is 0 Å². The Morgan fingerprint density at radius 3 is 2.82 bits per heavy atom. The van der Waals surface area contributed by atoms with Gasteiger partial charge in [-0.2, -0.15) is 0 Å². The molecule has 1 aromatic heterocycles. The van der Waals surface area contributed by atoms with E-state index in [2.05, 4.69) is 17.6 Å². The van der Waals surface area contributed by atoms with Crippen LogP contribution in [-0.2, 0) is 4.79 Å². The Morgan fingerprint density at radius 2 is 2.24 bits per heavy atom. The summed E-state index contributed by atoms with van der Waals surface area (Å²) < 4.78 is 5.28. The molecule has 0 aliphatic rings. The first-order valence-corrected chi connectivity index (χ1v) is 6.22. The van der Waals surface area contributed by atoms with Crippen molar-refractivity contribution in [2.24, 2.45) is 0 Å². The largest absolute Gasteiger partial charge is 0.468 e. The summed E-state index contributed by atoms with van der Waals surface area (Å²) in [6, 6.07) is 3.57. The van der Waals surface area contributed by atoms with Crippen molar-refractivity contribution in [3.05, 3.63) is 24.2 Å². The standard InChI is InChI=1S/C13H22N2O2/c1-4-5-8-14-13(16)11(3)15-10(2)12-7-6-9-17-12/h6-7,9-11,15H,4-5,8H2,1-3H3,(H,14,16)/t10-,11?/m1/s1. The summed E-state index contributed by atoms with van der Waals surface area (Å²) in [7, 11) is 0. The highest BCUT2D eigenvalue weighted by Gasteiger charge is 2.16. The Morgan fingerprint density at radius 1 is 1.47 bits per heavy atom. The molecular weight excluding hydrogens is 216 g/mol. The van der Waals surface area contributed by atoms with E-state index >= 15 is 0 Å². The molecule has 4 heteroatoms. The summed E-state index contributed by atoms with van der Waals surface area (Å²) >= 11 is 0. The fraction of sp³-hybridized carbons (Fsp3) is 0.615. The number of carbonyl (C=O) groups excluding carboxylic acids is 1. The number of unbranched alkanes of at least 4 members (excludes halogenated alkanes) is 1. The van der Waals surface area contributed by atoms with Gasteiger partial charge in [0.15, 0.2) is 0 Å². The van der Waals surface area contributed by atoms with E-state index in [1.54, 1.807) is 6.26 Å². The van der Waals surface area contributed by atoms with Gasteiger partial charge in [-0.25, -0.2) is 0 Å². The van der Waals surface area contributed by atoms with E-state index in [9.17, 15) is 4.79 Å². The van der Waals surface area contributed by atoms with Crippen LogP contribution in [0.15, 0.2) is 22.8 Å². The Hall–Kier alpha value is -1.29. The highest BCUT2D eigenvalue weighted by atomic mass is 16.3. The van der Waals surface area contributed by atoms with E-state index in [0.717, 1.165) is 25.1 Å². The molecule has 2 N–H and O–H groups in total. The molecular formula is C13H22N2O2. The van der Waals surface area contributed by atoms with Crippen LogP contribution in [0.2, 0.25) is 0 Å². The summed E-state index contributed by atoms with van der Waals surface area (Å²) in [5, 5.41) is 6.11. The minimum atomic E-state index is -0.216. The maximum absolute atomic E-state index is 11.7. The lowest BCUT2D eigenvalue weighted by molar-refractivity contribution is -0.122. The Bertz CT molecular complexity index is 322. The van der Waals surface area contributed by atoms with Crippen LogP contribution in [0.5, 0.6) is 0 Å². The zero-order chi connectivity index (χ0) is 12.7. The smallest absolute Gasteiger partial charge is 0.236 e. The summed E-state index contributed by atoms with van der Waals surface area (Å²) in [6.07, 6.45) is 3.75. The molecule has 0 bridgehead atoms. The molecule has 0 aliphatic heterocycles. The molecule has 0 radical (unpaired) electrons. The Labute approximate surface area is 103 Å². The third kappa shape index (κ3) is 4.61. The van der Waals surface area contributed by atoms with Crippen LogP contribution in [-0.4, -0.2) is 18.5 Å². The van der Waals surface area contributed by atoms with E-state index in [-0.39, 0.29) is 18.0 Å². The molecule has 17 heavy (non-hydrogen) atoms. The predicted molar refractivity (Wildman–Crippen MR) is 67.6 cm³/mol. The van der Waals surface area contributed by atoms with Crippen LogP contribution in [0.1, 0.15) is 45.4 Å². The second kappa shape index (κ2) is 7.12. The first-order chi connectivity index (χ1) is 8.15. The third-order valence-electron chi connectivity index (χ3n) is 2.69. The number of rotatable bonds is 7. The van der Waals surface area contributed by atoms with E-state index in [4.69, 9.17) is 4.42 Å². The monoisotopic (exact) mass is 238 g/mol. The van der Waals surface area contributed by atoms with Gasteiger partial charge in [0, 0.05) is 6.54 Å². The third-order valence-corrected chi connectivity index (χ3v) is 2.69. The normalized spacial score (nSPS) is 14.3. The van der Waals surface area contributed by atoms with E-state index in [0.29, 0.717) is 0 Å². The topological polar surface area (TPSA) is 54.3 Å². The molecule has 0 saturated heterocycles. The molecule has 1 rings (SSSR count). The van der Waals surface area contributed by atoms with Crippen molar-refractivity contribution in [2.75, 3.05) is 6.54 Å². The lowest BCUT2D eigenvalue weighted by Crippen LogP contribution is -2.43. The van der Waals surface area contributed by atoms with Crippen molar-refractivity contribution in [3.63, 3.8) is 0 Å². The molecule has 0 fully saturated rings. The van der Waals surface area contributed by atoms with Crippen LogP contribution < -0.4 is 10.6 Å². The minimum absolute atomic E-state index is 0.0388. The van der Waals surface area contributed by atoms with Crippen LogP contribution in [0.4, 0.5) is 0 Å². The van der Waals surface area contributed by atoms with Gasteiger partial charge in [-0.15, -0.1) is 0 Å². The number of furan rings is 1. The molecule has 4 nitrogen and oxygen atoms in total. The molecule has 1 heterocycles. The Balaban J connectivity index is 2.32. The van der Waals surface area contributed by atoms with Gasteiger partial charge < -0.3 is 9.73 Å². The lowest BCUT2D eigenvalue weighted by atomic mass is 10.2. The first kappa shape index (κ1) is 13.8. The molecule has 1 unspecified atom stereocenters. The molecule has 0 spiro atoms. The highest BCUT2D eigenvalue weighted by Crippen LogP contribution is 2.12. The van der Waals surface area contributed by atoms with Crippen LogP contribution >= 0.6 is 0 Å². The van der Waals surface area contributed by atoms with Crippen molar-refractivity contribution in [1.29, 1.82) is 0 Å². The lowest BCUT2D eigenvalue weighted by Gasteiger charge is -2.18. The van der Waals surface area contributed by atoms with Gasteiger partial charge in [0.2, 0.25) is 5.91 Å². The number of carbonyl (C=O) groups is 1. The zero-order valence-electron chi connectivity index (χ0n) is 10.8. The zero-order valence-corrected chi connectivity index (χ0v) is 10.8. The number of nitrogens with one attached hydrogen (secondary N) is 2. The molecule has 1 aromatic rings. The second-order valence-electron chi connectivity index (χ2n) is 4.27. The van der Waals surface area contributed by atoms with Crippen LogP contribution in [0, 0.1) is 0 Å². The summed E-state index contributed by atoms with van der Waals surface area (Å²) in [5.74, 6) is 0.884. The summed E-state index contributed by atoms with van der Waals surface area (Å²) in [6.45, 7) is 6.69. The van der Waals surface area contributed by atoms with Gasteiger partial charge >= 0.3 is 0 Å². The predicted octanol–water partition coefficient (Wildman–Crippen LogP) is 2.23. The van der Waals surface area contributed by atoms with Crippen molar-refractivity contribution in [1.82, 2.24) is 10.6 Å². The molecule has 0 aromatic carbocycles. The second-order valence-corrected chi connectivity index (χ2v) is 4.27. The molecule has 2 atom stereocenters. The van der Waals surface area contributed by atoms with Gasteiger partial charge in [-0.1, -0.05) is 13.3 Å². The summed E-state index contributed by atoms with van der Waals surface area (Å²) in [4.78, 5) is 11.7. The molecule has 0 saturated carbocycles. The Kier molecular flexibility index (Phi) is 5.77. The minimum Gasteiger partial charge on any atom is -0.468 e. The highest BCUT2D eigenvalue weighted by molar-refractivity contribution is 5.81. The SMILES string of the molecule is CCCCNC(=O)C(C)N[C@H](C)c1ccco1. The average molecular weight is 238 g/mol.